The summed E-state index contributed by atoms with van der Waals surface area (Å²) in [6.07, 6.45) is 2.22. The van der Waals surface area contributed by atoms with Gasteiger partial charge in [0.2, 0.25) is 0 Å². The quantitative estimate of drug-likeness (QED) is 0.781. The Morgan fingerprint density at radius 2 is 2.35 bits per heavy atom. The summed E-state index contributed by atoms with van der Waals surface area (Å²) in [5, 5.41) is 0. The standard InChI is InChI=1S/C13H19ClN2S/c1-3-11-6-10(8-14)7-13(15-11)16(2)12-4-5-17-9-12/h6-7,12H,3-5,8-9H2,1-2H3. The molecule has 1 aromatic rings. The zero-order valence-electron chi connectivity index (χ0n) is 10.4. The molecule has 0 aliphatic carbocycles. The first kappa shape index (κ1) is 13.0. The van der Waals surface area contributed by atoms with Crippen molar-refractivity contribution in [3.05, 3.63) is 23.4 Å². The van der Waals surface area contributed by atoms with Crippen molar-refractivity contribution in [1.82, 2.24) is 4.98 Å². The van der Waals surface area contributed by atoms with Crippen molar-refractivity contribution in [2.75, 3.05) is 23.5 Å². The van der Waals surface area contributed by atoms with E-state index < -0.39 is 0 Å². The average molecular weight is 271 g/mol. The second-order valence-corrected chi connectivity index (χ2v) is 5.86. The summed E-state index contributed by atoms with van der Waals surface area (Å²) in [5.41, 5.74) is 2.31. The highest BCUT2D eigenvalue weighted by Crippen LogP contribution is 2.26. The fourth-order valence-electron chi connectivity index (χ4n) is 2.09. The lowest BCUT2D eigenvalue weighted by Crippen LogP contribution is -2.32. The first-order valence-corrected chi connectivity index (χ1v) is 7.80. The van der Waals surface area contributed by atoms with E-state index in [2.05, 4.69) is 31.0 Å². The van der Waals surface area contributed by atoms with E-state index in [-0.39, 0.29) is 0 Å². The van der Waals surface area contributed by atoms with Gasteiger partial charge in [-0.05, 0) is 36.3 Å². The van der Waals surface area contributed by atoms with Gasteiger partial charge in [0.15, 0.2) is 0 Å². The molecule has 1 saturated heterocycles. The molecule has 1 aromatic heterocycles. The first-order chi connectivity index (χ1) is 8.24. The fourth-order valence-corrected chi connectivity index (χ4v) is 3.51. The van der Waals surface area contributed by atoms with Crippen molar-refractivity contribution < 1.29 is 0 Å². The summed E-state index contributed by atoms with van der Waals surface area (Å²) in [7, 11) is 2.15. The molecule has 0 aromatic carbocycles. The zero-order valence-corrected chi connectivity index (χ0v) is 12.0. The van der Waals surface area contributed by atoms with Crippen molar-refractivity contribution in [1.29, 1.82) is 0 Å². The summed E-state index contributed by atoms with van der Waals surface area (Å²) < 4.78 is 0. The Morgan fingerprint density at radius 1 is 1.53 bits per heavy atom. The van der Waals surface area contributed by atoms with Crippen molar-refractivity contribution in [2.45, 2.75) is 31.7 Å². The van der Waals surface area contributed by atoms with Crippen molar-refractivity contribution in [3.8, 4) is 0 Å². The number of rotatable bonds is 4. The minimum absolute atomic E-state index is 0.565. The van der Waals surface area contributed by atoms with Crippen LogP contribution in [-0.4, -0.2) is 29.6 Å². The molecule has 0 radical (unpaired) electrons. The van der Waals surface area contributed by atoms with Crippen LogP contribution in [0.2, 0.25) is 0 Å². The SMILES string of the molecule is CCc1cc(CCl)cc(N(C)C2CCSC2)n1. The molecular formula is C13H19ClN2S. The Hall–Kier alpha value is -0.410. The minimum Gasteiger partial charge on any atom is -0.356 e. The molecular weight excluding hydrogens is 252 g/mol. The highest BCUT2D eigenvalue weighted by Gasteiger charge is 2.21. The third kappa shape index (κ3) is 3.08. The summed E-state index contributed by atoms with van der Waals surface area (Å²) in [5.74, 6) is 4.12. The van der Waals surface area contributed by atoms with Gasteiger partial charge in [0.05, 0.1) is 0 Å². The van der Waals surface area contributed by atoms with Gasteiger partial charge >= 0.3 is 0 Å². The summed E-state index contributed by atoms with van der Waals surface area (Å²) in [6.45, 7) is 2.13. The maximum absolute atomic E-state index is 5.94. The molecule has 0 saturated carbocycles. The van der Waals surface area contributed by atoms with Gasteiger partial charge in [-0.1, -0.05) is 6.92 Å². The van der Waals surface area contributed by atoms with Crippen LogP contribution in [0.15, 0.2) is 12.1 Å². The van der Waals surface area contributed by atoms with Crippen LogP contribution >= 0.6 is 23.4 Å². The number of alkyl halides is 1. The van der Waals surface area contributed by atoms with Crippen LogP contribution in [-0.2, 0) is 12.3 Å². The molecule has 2 heterocycles. The smallest absolute Gasteiger partial charge is 0.129 e. The van der Waals surface area contributed by atoms with Crippen molar-refractivity contribution in [3.63, 3.8) is 0 Å². The normalized spacial score (nSPS) is 19.6. The van der Waals surface area contributed by atoms with Crippen LogP contribution in [0.5, 0.6) is 0 Å². The van der Waals surface area contributed by atoms with E-state index in [9.17, 15) is 0 Å². The number of nitrogens with zero attached hydrogens (tertiary/aromatic N) is 2. The number of halogens is 1. The lowest BCUT2D eigenvalue weighted by Gasteiger charge is -2.25. The second-order valence-electron chi connectivity index (χ2n) is 4.44. The highest BCUT2D eigenvalue weighted by atomic mass is 35.5. The fraction of sp³-hybridized carbons (Fsp3) is 0.615. The largest absolute Gasteiger partial charge is 0.356 e. The molecule has 94 valence electrons. The highest BCUT2D eigenvalue weighted by molar-refractivity contribution is 7.99. The van der Waals surface area contributed by atoms with Crippen LogP contribution in [0, 0.1) is 0 Å². The molecule has 17 heavy (non-hydrogen) atoms. The molecule has 2 nitrogen and oxygen atoms in total. The Bertz CT molecular complexity index is 355. The molecule has 1 aliphatic rings. The molecule has 1 atom stereocenters. The first-order valence-electron chi connectivity index (χ1n) is 6.11. The lowest BCUT2D eigenvalue weighted by molar-refractivity contribution is 0.689. The van der Waals surface area contributed by atoms with Gasteiger partial charge in [0.1, 0.15) is 5.82 Å². The van der Waals surface area contributed by atoms with Crippen LogP contribution in [0.3, 0.4) is 0 Å². The minimum atomic E-state index is 0.565. The van der Waals surface area contributed by atoms with Gasteiger partial charge in [-0.25, -0.2) is 4.98 Å². The van der Waals surface area contributed by atoms with Crippen molar-refractivity contribution >= 4 is 29.2 Å². The maximum atomic E-state index is 5.94. The predicted octanol–water partition coefficient (Wildman–Crippen LogP) is 3.32. The summed E-state index contributed by atoms with van der Waals surface area (Å²) in [6, 6.07) is 4.85. The molecule has 1 aliphatic heterocycles. The van der Waals surface area contributed by atoms with E-state index in [1.54, 1.807) is 0 Å². The molecule has 0 bridgehead atoms. The average Bonchev–Trinajstić information content (AvgIpc) is 2.91. The van der Waals surface area contributed by atoms with Gasteiger partial charge in [-0.2, -0.15) is 11.8 Å². The van der Waals surface area contributed by atoms with Gasteiger partial charge in [-0.3, -0.25) is 0 Å². The monoisotopic (exact) mass is 270 g/mol. The number of aromatic nitrogens is 1. The molecule has 2 rings (SSSR count). The van der Waals surface area contributed by atoms with Gasteiger partial charge in [0, 0.05) is 30.4 Å². The van der Waals surface area contributed by atoms with E-state index in [0.717, 1.165) is 17.9 Å². The molecule has 0 spiro atoms. The topological polar surface area (TPSA) is 16.1 Å². The Kier molecular flexibility index (Phi) is 4.57. The summed E-state index contributed by atoms with van der Waals surface area (Å²) in [4.78, 5) is 7.02. The predicted molar refractivity (Wildman–Crippen MR) is 77.3 cm³/mol. The van der Waals surface area contributed by atoms with E-state index in [1.807, 2.05) is 11.8 Å². The van der Waals surface area contributed by atoms with Crippen LogP contribution < -0.4 is 4.90 Å². The molecule has 0 N–H and O–H groups in total. The molecule has 4 heteroatoms. The number of anilines is 1. The zero-order chi connectivity index (χ0) is 12.3. The Morgan fingerprint density at radius 3 is 2.94 bits per heavy atom. The van der Waals surface area contributed by atoms with E-state index in [4.69, 9.17) is 16.6 Å². The van der Waals surface area contributed by atoms with Crippen LogP contribution in [0.4, 0.5) is 5.82 Å². The van der Waals surface area contributed by atoms with Crippen LogP contribution in [0.25, 0.3) is 0 Å². The second kappa shape index (κ2) is 5.96. The summed E-state index contributed by atoms with van der Waals surface area (Å²) >= 11 is 7.97. The third-order valence-corrected chi connectivity index (χ3v) is 4.71. The number of aryl methyl sites for hydroxylation is 1. The molecule has 0 amide bonds. The number of hydrogen-bond donors (Lipinski definition) is 0. The lowest BCUT2D eigenvalue weighted by atomic mass is 10.2. The number of pyridine rings is 1. The Balaban J connectivity index is 2.23. The van der Waals surface area contributed by atoms with Gasteiger partial charge in [-0.15, -0.1) is 11.6 Å². The van der Waals surface area contributed by atoms with E-state index in [1.165, 1.54) is 23.5 Å². The number of thioether (sulfide) groups is 1. The number of hydrogen-bond acceptors (Lipinski definition) is 3. The van der Waals surface area contributed by atoms with E-state index in [0.29, 0.717) is 11.9 Å². The van der Waals surface area contributed by atoms with Crippen LogP contribution in [0.1, 0.15) is 24.6 Å². The van der Waals surface area contributed by atoms with Gasteiger partial charge in [0.25, 0.3) is 0 Å². The molecule has 1 unspecified atom stereocenters. The molecule has 1 fully saturated rings. The third-order valence-electron chi connectivity index (χ3n) is 3.26. The van der Waals surface area contributed by atoms with Crippen molar-refractivity contribution in [2.24, 2.45) is 0 Å². The maximum Gasteiger partial charge on any atom is 0.129 e. The Labute approximate surface area is 113 Å². The van der Waals surface area contributed by atoms with Gasteiger partial charge < -0.3 is 4.90 Å². The van der Waals surface area contributed by atoms with E-state index >= 15 is 0 Å².